The molecule has 0 atom stereocenters. The SMILES string of the molecule is CC(C)C1=C([Si](C)(C)c2c3ccccc3cc3ccccc23)CC=C1. The van der Waals surface area contributed by atoms with Crippen molar-refractivity contribution in [2.45, 2.75) is 33.4 Å². The normalized spacial score (nSPS) is 15.1. The van der Waals surface area contributed by atoms with Crippen molar-refractivity contribution in [1.29, 1.82) is 0 Å². The van der Waals surface area contributed by atoms with Crippen molar-refractivity contribution < 1.29 is 0 Å². The first kappa shape index (κ1) is 16.4. The monoisotopic (exact) mass is 342 g/mol. The number of benzene rings is 3. The summed E-state index contributed by atoms with van der Waals surface area (Å²) in [4.78, 5) is 0. The van der Waals surface area contributed by atoms with Crippen LogP contribution in [0.15, 0.2) is 77.5 Å². The Hall–Kier alpha value is -2.12. The van der Waals surface area contributed by atoms with Gasteiger partial charge in [-0.25, -0.2) is 0 Å². The summed E-state index contributed by atoms with van der Waals surface area (Å²) in [5.41, 5.74) is 1.58. The van der Waals surface area contributed by atoms with Gasteiger partial charge in [-0.05, 0) is 50.7 Å². The van der Waals surface area contributed by atoms with Crippen LogP contribution < -0.4 is 5.19 Å². The smallest absolute Gasteiger partial charge is 0.0806 e. The van der Waals surface area contributed by atoms with Crippen LogP contribution in [0.4, 0.5) is 0 Å². The second-order valence-electron chi connectivity index (χ2n) is 8.01. The van der Waals surface area contributed by atoms with Crippen LogP contribution in [0, 0.1) is 5.92 Å². The van der Waals surface area contributed by atoms with Gasteiger partial charge >= 0.3 is 0 Å². The lowest BCUT2D eigenvalue weighted by atomic mass is 10.0. The average molecular weight is 343 g/mol. The van der Waals surface area contributed by atoms with Crippen molar-refractivity contribution in [2.75, 3.05) is 0 Å². The molecule has 0 radical (unpaired) electrons. The summed E-state index contributed by atoms with van der Waals surface area (Å²) in [5, 5.41) is 8.95. The van der Waals surface area contributed by atoms with Crippen LogP contribution in [0.5, 0.6) is 0 Å². The molecular formula is C24H26Si. The highest BCUT2D eigenvalue weighted by Crippen LogP contribution is 2.35. The maximum atomic E-state index is 2.55. The van der Waals surface area contributed by atoms with Crippen molar-refractivity contribution in [1.82, 2.24) is 0 Å². The first-order valence-electron chi connectivity index (χ1n) is 9.31. The molecule has 0 heterocycles. The molecule has 0 fully saturated rings. The van der Waals surface area contributed by atoms with E-state index in [1.165, 1.54) is 21.5 Å². The molecular weight excluding hydrogens is 316 g/mol. The molecule has 0 unspecified atom stereocenters. The zero-order valence-electron chi connectivity index (χ0n) is 15.6. The maximum Gasteiger partial charge on any atom is 0.109 e. The van der Waals surface area contributed by atoms with E-state index >= 15 is 0 Å². The summed E-state index contributed by atoms with van der Waals surface area (Å²) >= 11 is 0. The van der Waals surface area contributed by atoms with Crippen LogP contribution >= 0.6 is 0 Å². The zero-order valence-corrected chi connectivity index (χ0v) is 16.6. The van der Waals surface area contributed by atoms with E-state index in [0.29, 0.717) is 5.92 Å². The molecule has 126 valence electrons. The molecule has 1 aliphatic carbocycles. The fourth-order valence-corrected chi connectivity index (χ4v) is 8.34. The van der Waals surface area contributed by atoms with Gasteiger partial charge in [0.2, 0.25) is 0 Å². The summed E-state index contributed by atoms with van der Waals surface area (Å²) in [7, 11) is -1.78. The van der Waals surface area contributed by atoms with E-state index in [2.05, 4.69) is 93.7 Å². The van der Waals surface area contributed by atoms with Crippen molar-refractivity contribution >= 4 is 34.8 Å². The van der Waals surface area contributed by atoms with Crippen molar-refractivity contribution in [3.05, 3.63) is 77.5 Å². The predicted octanol–water partition coefficient (Wildman–Crippen LogP) is 6.36. The predicted molar refractivity (Wildman–Crippen MR) is 114 cm³/mol. The Morgan fingerprint density at radius 1 is 0.840 bits per heavy atom. The van der Waals surface area contributed by atoms with Crippen molar-refractivity contribution in [2.24, 2.45) is 5.92 Å². The molecule has 1 aliphatic rings. The zero-order chi connectivity index (χ0) is 17.6. The highest BCUT2D eigenvalue weighted by atomic mass is 28.3. The van der Waals surface area contributed by atoms with Gasteiger partial charge in [0.15, 0.2) is 0 Å². The molecule has 1 heteroatoms. The Bertz CT molecular complexity index is 965. The van der Waals surface area contributed by atoms with Gasteiger partial charge in [0, 0.05) is 0 Å². The molecule has 0 saturated carbocycles. The molecule has 0 amide bonds. The lowest BCUT2D eigenvalue weighted by Gasteiger charge is -2.30. The highest BCUT2D eigenvalue weighted by Gasteiger charge is 2.34. The van der Waals surface area contributed by atoms with Gasteiger partial charge < -0.3 is 0 Å². The summed E-state index contributed by atoms with van der Waals surface area (Å²) in [5.74, 6) is 0.599. The summed E-state index contributed by atoms with van der Waals surface area (Å²) in [6, 6.07) is 20.2. The molecule has 0 aromatic heterocycles. The van der Waals surface area contributed by atoms with Crippen LogP contribution in [0.3, 0.4) is 0 Å². The second kappa shape index (κ2) is 6.00. The minimum absolute atomic E-state index is 0.599. The number of rotatable bonds is 3. The molecule has 25 heavy (non-hydrogen) atoms. The number of allylic oxidation sites excluding steroid dienone is 4. The van der Waals surface area contributed by atoms with Crippen molar-refractivity contribution in [3.63, 3.8) is 0 Å². The standard InChI is InChI=1S/C24H26Si/c1-17(2)20-14-9-15-23(20)25(3,4)24-21-12-7-5-10-18(21)16-19-11-6-8-13-22(19)24/h5-14,16-17H,15H2,1-4H3. The molecule has 0 saturated heterocycles. The van der Waals surface area contributed by atoms with Gasteiger partial charge in [0.1, 0.15) is 8.07 Å². The minimum atomic E-state index is -1.78. The van der Waals surface area contributed by atoms with Crippen LogP contribution in [-0.4, -0.2) is 8.07 Å². The molecule has 3 aromatic rings. The number of hydrogen-bond donors (Lipinski definition) is 0. The molecule has 0 nitrogen and oxygen atoms in total. The van der Waals surface area contributed by atoms with E-state index in [-0.39, 0.29) is 0 Å². The van der Waals surface area contributed by atoms with Crippen LogP contribution in [-0.2, 0) is 0 Å². The average Bonchev–Trinajstić information content (AvgIpc) is 3.10. The van der Waals surface area contributed by atoms with Crippen LogP contribution in [0.1, 0.15) is 20.3 Å². The Morgan fingerprint density at radius 2 is 1.40 bits per heavy atom. The Labute approximate surface area is 151 Å². The highest BCUT2D eigenvalue weighted by molar-refractivity contribution is 6.98. The third kappa shape index (κ3) is 2.58. The van der Waals surface area contributed by atoms with Gasteiger partial charge in [-0.15, -0.1) is 0 Å². The first-order chi connectivity index (χ1) is 12.0. The number of hydrogen-bond acceptors (Lipinski definition) is 0. The maximum absolute atomic E-state index is 2.55. The number of fused-ring (bicyclic) bond motifs is 2. The second-order valence-corrected chi connectivity index (χ2v) is 12.4. The molecule has 3 aromatic carbocycles. The van der Waals surface area contributed by atoms with Crippen molar-refractivity contribution in [3.8, 4) is 0 Å². The molecule has 0 bridgehead atoms. The molecule has 0 aliphatic heterocycles. The topological polar surface area (TPSA) is 0 Å². The fraction of sp³-hybridized carbons (Fsp3) is 0.250. The van der Waals surface area contributed by atoms with Gasteiger partial charge in [-0.2, -0.15) is 0 Å². The van der Waals surface area contributed by atoms with E-state index in [9.17, 15) is 0 Å². The minimum Gasteiger partial charge on any atom is -0.0806 e. The third-order valence-corrected chi connectivity index (χ3v) is 9.53. The van der Waals surface area contributed by atoms with Gasteiger partial charge in [0.05, 0.1) is 0 Å². The van der Waals surface area contributed by atoms with E-state index in [0.717, 1.165) is 6.42 Å². The quantitative estimate of drug-likeness (QED) is 0.384. The van der Waals surface area contributed by atoms with E-state index < -0.39 is 8.07 Å². The Morgan fingerprint density at radius 3 is 1.96 bits per heavy atom. The Balaban J connectivity index is 2.09. The van der Waals surface area contributed by atoms with Gasteiger partial charge in [-0.3, -0.25) is 0 Å². The largest absolute Gasteiger partial charge is 0.109 e. The fourth-order valence-electron chi connectivity index (χ4n) is 4.52. The third-order valence-electron chi connectivity index (χ3n) is 5.74. The molecule has 0 N–H and O–H groups in total. The van der Waals surface area contributed by atoms with E-state index in [1.54, 1.807) is 16.0 Å². The van der Waals surface area contributed by atoms with Gasteiger partial charge in [-0.1, -0.05) is 92.8 Å². The summed E-state index contributed by atoms with van der Waals surface area (Å²) in [6.45, 7) is 9.76. The summed E-state index contributed by atoms with van der Waals surface area (Å²) in [6.07, 6.45) is 5.87. The van der Waals surface area contributed by atoms with Gasteiger partial charge in [0.25, 0.3) is 0 Å². The summed E-state index contributed by atoms with van der Waals surface area (Å²) < 4.78 is 0. The lowest BCUT2D eigenvalue weighted by molar-refractivity contribution is 0.789. The van der Waals surface area contributed by atoms with Crippen LogP contribution in [0.2, 0.25) is 13.1 Å². The first-order valence-corrected chi connectivity index (χ1v) is 12.3. The van der Waals surface area contributed by atoms with E-state index in [1.807, 2.05) is 0 Å². The van der Waals surface area contributed by atoms with Crippen LogP contribution in [0.25, 0.3) is 21.5 Å². The lowest BCUT2D eigenvalue weighted by Crippen LogP contribution is -2.45. The Kier molecular flexibility index (Phi) is 3.92. The van der Waals surface area contributed by atoms with E-state index in [4.69, 9.17) is 0 Å². The molecule has 0 spiro atoms. The molecule has 4 rings (SSSR count).